The molecular formula is C16H29N7O8. The number of hydrogen-bond donors (Lipinski definition) is 8. The zero-order valence-electron chi connectivity index (χ0n) is 17.0. The minimum atomic E-state index is -2.65. The number of guanidine groups is 1. The number of ketones is 1. The van der Waals surface area contributed by atoms with Gasteiger partial charge >= 0.3 is 11.9 Å². The normalized spacial score (nSPS) is 14.3. The highest BCUT2D eigenvalue weighted by Gasteiger charge is 2.50. The Bertz CT molecular complexity index is 710. The Labute approximate surface area is 177 Å². The van der Waals surface area contributed by atoms with Crippen LogP contribution in [-0.4, -0.2) is 90.1 Å². The summed E-state index contributed by atoms with van der Waals surface area (Å²) in [6, 6.07) is -2.71. The minimum absolute atomic E-state index is 0.106. The molecule has 0 spiro atoms. The first-order valence-electron chi connectivity index (χ1n) is 9.01. The fourth-order valence-corrected chi connectivity index (χ4v) is 2.40. The molecule has 0 heterocycles. The van der Waals surface area contributed by atoms with Crippen LogP contribution >= 0.6 is 0 Å². The number of carbonyl (C=O) groups is 5. The van der Waals surface area contributed by atoms with Crippen molar-refractivity contribution in [1.82, 2.24) is 10.6 Å². The number of aliphatic hydroxyl groups is 1. The van der Waals surface area contributed by atoms with E-state index in [0.717, 1.165) is 7.11 Å². The summed E-state index contributed by atoms with van der Waals surface area (Å²) < 4.78 is 4.45. The zero-order chi connectivity index (χ0) is 24.2. The number of ether oxygens (including phenoxy) is 1. The molecule has 0 unspecified atom stereocenters. The van der Waals surface area contributed by atoms with Gasteiger partial charge < -0.3 is 48.5 Å². The van der Waals surface area contributed by atoms with E-state index in [4.69, 9.17) is 28.0 Å². The van der Waals surface area contributed by atoms with E-state index in [1.807, 2.05) is 5.32 Å². The Hall–Kier alpha value is -3.30. The molecule has 0 aliphatic heterocycles. The van der Waals surface area contributed by atoms with Gasteiger partial charge in [-0.15, -0.1) is 0 Å². The molecule has 0 fully saturated rings. The van der Waals surface area contributed by atoms with Gasteiger partial charge in [-0.25, -0.2) is 4.79 Å². The Kier molecular flexibility index (Phi) is 11.7. The molecule has 0 saturated carbocycles. The van der Waals surface area contributed by atoms with Crippen LogP contribution in [0.15, 0.2) is 4.99 Å². The molecule has 0 rings (SSSR count). The lowest BCUT2D eigenvalue weighted by Gasteiger charge is -2.30. The van der Waals surface area contributed by atoms with E-state index in [2.05, 4.69) is 15.0 Å². The molecule has 0 aromatic heterocycles. The van der Waals surface area contributed by atoms with Crippen molar-refractivity contribution in [2.75, 3.05) is 26.8 Å². The number of methoxy groups -OCH3 is 1. The molecule has 15 nitrogen and oxygen atoms in total. The second-order valence-corrected chi connectivity index (χ2v) is 6.44. The summed E-state index contributed by atoms with van der Waals surface area (Å²) in [5.74, 6) is -5.95. The molecule has 31 heavy (non-hydrogen) atoms. The minimum Gasteiger partial charge on any atom is -0.481 e. The summed E-state index contributed by atoms with van der Waals surface area (Å²) in [6.45, 7) is -1.71. The number of aliphatic carboxylic acids is 1. The SMILES string of the molecule is COC(=O)[C@](CO)(NC(=O)CNC(=O)[C@@H](N)CCCN=C(N)N)C(=O)[C@@H](N)CC(=O)O. The molecule has 0 aliphatic carbocycles. The highest BCUT2D eigenvalue weighted by Crippen LogP contribution is 2.13. The topological polar surface area (TPSA) is 276 Å². The maximum Gasteiger partial charge on any atom is 0.341 e. The largest absolute Gasteiger partial charge is 0.481 e. The predicted octanol–water partition coefficient (Wildman–Crippen LogP) is -5.13. The van der Waals surface area contributed by atoms with Crippen molar-refractivity contribution in [3.63, 3.8) is 0 Å². The highest BCUT2D eigenvalue weighted by atomic mass is 16.5. The van der Waals surface area contributed by atoms with Crippen molar-refractivity contribution in [3.05, 3.63) is 0 Å². The Morgan fingerprint density at radius 2 is 1.74 bits per heavy atom. The van der Waals surface area contributed by atoms with Crippen molar-refractivity contribution in [2.24, 2.45) is 27.9 Å². The third-order valence-electron chi connectivity index (χ3n) is 4.00. The highest BCUT2D eigenvalue weighted by molar-refractivity contribution is 6.14. The van der Waals surface area contributed by atoms with Crippen LogP contribution in [0.5, 0.6) is 0 Å². The summed E-state index contributed by atoms with van der Waals surface area (Å²) in [5.41, 5.74) is 18.8. The van der Waals surface area contributed by atoms with Gasteiger partial charge in [0.25, 0.3) is 0 Å². The molecule has 0 radical (unpaired) electrons. The maximum atomic E-state index is 12.5. The zero-order valence-corrected chi connectivity index (χ0v) is 17.0. The lowest BCUT2D eigenvalue weighted by atomic mass is 9.88. The van der Waals surface area contributed by atoms with Crippen molar-refractivity contribution in [1.29, 1.82) is 0 Å². The van der Waals surface area contributed by atoms with Crippen LogP contribution in [0.2, 0.25) is 0 Å². The maximum absolute atomic E-state index is 12.5. The van der Waals surface area contributed by atoms with Crippen LogP contribution < -0.4 is 33.6 Å². The van der Waals surface area contributed by atoms with Crippen LogP contribution in [-0.2, 0) is 28.7 Å². The second kappa shape index (κ2) is 13.1. The van der Waals surface area contributed by atoms with Crippen molar-refractivity contribution in [3.8, 4) is 0 Å². The number of aliphatic hydroxyl groups excluding tert-OH is 1. The number of rotatable bonds is 14. The van der Waals surface area contributed by atoms with Crippen molar-refractivity contribution >= 4 is 35.5 Å². The molecule has 176 valence electrons. The van der Waals surface area contributed by atoms with Crippen LogP contribution in [0.1, 0.15) is 19.3 Å². The number of Topliss-reactive ketones (excluding diaryl/α,β-unsaturated/α-hetero) is 1. The third kappa shape index (κ3) is 8.93. The van der Waals surface area contributed by atoms with Gasteiger partial charge in [0.2, 0.25) is 17.4 Å². The lowest BCUT2D eigenvalue weighted by molar-refractivity contribution is -0.159. The summed E-state index contributed by atoms with van der Waals surface area (Å²) in [7, 11) is 0.887. The number of nitrogens with two attached hydrogens (primary N) is 4. The molecule has 2 amide bonds. The quantitative estimate of drug-likeness (QED) is 0.0408. The first-order chi connectivity index (χ1) is 14.4. The molecule has 0 aromatic carbocycles. The lowest BCUT2D eigenvalue weighted by Crippen LogP contribution is -2.67. The molecular weight excluding hydrogens is 418 g/mol. The van der Waals surface area contributed by atoms with Gasteiger partial charge in [-0.3, -0.25) is 24.2 Å². The van der Waals surface area contributed by atoms with E-state index < -0.39 is 66.7 Å². The number of carboxylic acid groups (broad SMARTS) is 1. The van der Waals surface area contributed by atoms with E-state index in [-0.39, 0.29) is 18.9 Å². The summed E-state index contributed by atoms with van der Waals surface area (Å²) >= 11 is 0. The number of nitrogens with one attached hydrogen (secondary N) is 2. The smallest absolute Gasteiger partial charge is 0.341 e. The van der Waals surface area contributed by atoms with Gasteiger partial charge in [-0.2, -0.15) is 0 Å². The fourth-order valence-electron chi connectivity index (χ4n) is 2.40. The number of nitrogens with zero attached hydrogens (tertiary/aromatic N) is 1. The van der Waals surface area contributed by atoms with Gasteiger partial charge in [0.15, 0.2) is 11.7 Å². The number of carbonyl (C=O) groups excluding carboxylic acids is 4. The van der Waals surface area contributed by atoms with E-state index in [1.165, 1.54) is 0 Å². The Balaban J connectivity index is 5.07. The van der Waals surface area contributed by atoms with Crippen molar-refractivity contribution < 1.29 is 38.9 Å². The number of carboxylic acids is 1. The number of amides is 2. The van der Waals surface area contributed by atoms with Crippen molar-refractivity contribution in [2.45, 2.75) is 36.9 Å². The third-order valence-corrected chi connectivity index (χ3v) is 4.00. The van der Waals surface area contributed by atoms with Gasteiger partial charge in [0.05, 0.1) is 38.8 Å². The van der Waals surface area contributed by atoms with Crippen LogP contribution in [0.25, 0.3) is 0 Å². The molecule has 0 bridgehead atoms. The van der Waals surface area contributed by atoms with E-state index in [1.54, 1.807) is 0 Å². The van der Waals surface area contributed by atoms with Gasteiger partial charge in [-0.05, 0) is 12.8 Å². The fraction of sp³-hybridized carbons (Fsp3) is 0.625. The standard InChI is InChI=1S/C16H29N7O8/c1-31-14(30)16(7-24,12(28)9(18)5-11(26)27)23-10(25)6-22-13(29)8(17)3-2-4-21-15(19)20/h8-9,24H,2-7,17-18H2,1H3,(H,22,29)(H,23,25)(H,26,27)(H4,19,20,21)/t8-,9-,16+/m0/s1. The monoisotopic (exact) mass is 447 g/mol. The molecule has 0 saturated heterocycles. The first-order valence-corrected chi connectivity index (χ1v) is 9.01. The number of aliphatic imine (C=N–C) groups is 1. The predicted molar refractivity (Wildman–Crippen MR) is 106 cm³/mol. The molecule has 12 N–H and O–H groups in total. The summed E-state index contributed by atoms with van der Waals surface area (Å²) in [4.78, 5) is 63.3. The van der Waals surface area contributed by atoms with Gasteiger partial charge in [-0.1, -0.05) is 0 Å². The van der Waals surface area contributed by atoms with Crippen LogP contribution in [0, 0.1) is 0 Å². The molecule has 3 atom stereocenters. The van der Waals surface area contributed by atoms with E-state index in [9.17, 15) is 29.1 Å². The molecule has 15 heteroatoms. The van der Waals surface area contributed by atoms with Crippen LogP contribution in [0.4, 0.5) is 0 Å². The average molecular weight is 447 g/mol. The second-order valence-electron chi connectivity index (χ2n) is 6.44. The van der Waals surface area contributed by atoms with Gasteiger partial charge in [0, 0.05) is 6.54 Å². The Morgan fingerprint density at radius 3 is 2.23 bits per heavy atom. The summed E-state index contributed by atoms with van der Waals surface area (Å²) in [5, 5.41) is 22.6. The van der Waals surface area contributed by atoms with E-state index in [0.29, 0.717) is 6.42 Å². The first kappa shape index (κ1) is 27.7. The summed E-state index contributed by atoms with van der Waals surface area (Å²) in [6.07, 6.45) is -0.265. The number of esters is 1. The van der Waals surface area contributed by atoms with E-state index >= 15 is 0 Å². The Morgan fingerprint density at radius 1 is 1.13 bits per heavy atom. The average Bonchev–Trinajstić information content (AvgIpc) is 2.71. The molecule has 0 aromatic rings. The molecule has 0 aliphatic rings. The van der Waals surface area contributed by atoms with Gasteiger partial charge in [0.1, 0.15) is 0 Å². The number of hydrogen-bond acceptors (Lipinski definition) is 10. The van der Waals surface area contributed by atoms with Crippen LogP contribution in [0.3, 0.4) is 0 Å².